The van der Waals surface area contributed by atoms with E-state index in [2.05, 4.69) is 36.8 Å². The van der Waals surface area contributed by atoms with Gasteiger partial charge in [0.1, 0.15) is 0 Å². The quantitative estimate of drug-likeness (QED) is 0.448. The molecule has 1 aliphatic rings. The van der Waals surface area contributed by atoms with E-state index in [0.29, 0.717) is 5.02 Å². The highest BCUT2D eigenvalue weighted by atomic mass is 35.5. The number of halogens is 1. The van der Waals surface area contributed by atoms with Crippen LogP contribution in [-0.4, -0.2) is 63.2 Å². The van der Waals surface area contributed by atoms with Gasteiger partial charge in [-0.05, 0) is 30.3 Å². The zero-order chi connectivity index (χ0) is 20.3. The first-order valence-electron chi connectivity index (χ1n) is 10.0. The maximum atomic E-state index is 6.13. The number of aromatic nitrogens is 4. The van der Waals surface area contributed by atoms with Crippen LogP contribution in [0.3, 0.4) is 0 Å². The fourth-order valence-corrected chi connectivity index (χ4v) is 4.79. The maximum Gasteiger partial charge on any atom is 0.196 e. The average Bonchev–Trinajstić information content (AvgIpc) is 3.39. The first kappa shape index (κ1) is 19.6. The molecule has 0 unspecified atom stereocenters. The summed E-state index contributed by atoms with van der Waals surface area (Å²) in [6.45, 7) is 4.62. The van der Waals surface area contributed by atoms with Gasteiger partial charge in [-0.3, -0.25) is 9.47 Å². The van der Waals surface area contributed by atoms with E-state index in [0.717, 1.165) is 71.7 Å². The summed E-state index contributed by atoms with van der Waals surface area (Å²) in [6, 6.07) is 16.1. The molecule has 154 valence electrons. The molecule has 8 heteroatoms. The minimum atomic E-state index is 0.710. The topological polar surface area (TPSA) is 59.0 Å². The number of ether oxygens (including phenoxy) is 1. The standard InChI is InChI=1S/C22H22ClN5OS/c23-16-5-7-17(8-6-16)28-21(19-15-24-20-4-2-1-3-18(19)20)25-26-22(28)30-14-11-27-9-12-29-13-10-27/h1-8,15,24H,9-14H2. The summed E-state index contributed by atoms with van der Waals surface area (Å²) in [5, 5.41) is 11.8. The molecule has 1 N–H and O–H groups in total. The van der Waals surface area contributed by atoms with Crippen LogP contribution < -0.4 is 0 Å². The van der Waals surface area contributed by atoms with Crippen LogP contribution in [0.2, 0.25) is 5.02 Å². The van der Waals surface area contributed by atoms with Gasteiger partial charge in [0.2, 0.25) is 0 Å². The van der Waals surface area contributed by atoms with Gasteiger partial charge in [-0.25, -0.2) is 0 Å². The number of H-pyrrole nitrogens is 1. The van der Waals surface area contributed by atoms with Gasteiger partial charge in [0.15, 0.2) is 11.0 Å². The fourth-order valence-electron chi connectivity index (χ4n) is 3.71. The van der Waals surface area contributed by atoms with E-state index < -0.39 is 0 Å². The lowest BCUT2D eigenvalue weighted by Crippen LogP contribution is -2.37. The molecule has 5 rings (SSSR count). The molecular weight excluding hydrogens is 418 g/mol. The smallest absolute Gasteiger partial charge is 0.196 e. The van der Waals surface area contributed by atoms with Crippen molar-refractivity contribution in [1.29, 1.82) is 0 Å². The predicted octanol–water partition coefficient (Wildman–Crippen LogP) is 4.49. The summed E-state index contributed by atoms with van der Waals surface area (Å²) in [5.74, 6) is 1.77. The zero-order valence-corrected chi connectivity index (χ0v) is 18.0. The van der Waals surface area contributed by atoms with Gasteiger partial charge < -0.3 is 9.72 Å². The average molecular weight is 440 g/mol. The number of benzene rings is 2. The van der Waals surface area contributed by atoms with Gasteiger partial charge in [-0.15, -0.1) is 10.2 Å². The fraction of sp³-hybridized carbons (Fsp3) is 0.273. The number of fused-ring (bicyclic) bond motifs is 1. The van der Waals surface area contributed by atoms with Crippen LogP contribution >= 0.6 is 23.4 Å². The van der Waals surface area contributed by atoms with Crippen LogP contribution in [0.25, 0.3) is 28.0 Å². The molecule has 1 saturated heterocycles. The Hall–Kier alpha value is -2.32. The van der Waals surface area contributed by atoms with Crippen LogP contribution in [0.1, 0.15) is 0 Å². The van der Waals surface area contributed by atoms with Gasteiger partial charge in [0, 0.05) is 58.8 Å². The van der Waals surface area contributed by atoms with E-state index in [4.69, 9.17) is 16.3 Å². The van der Waals surface area contributed by atoms with Crippen LogP contribution in [0.5, 0.6) is 0 Å². The van der Waals surface area contributed by atoms with Crippen molar-refractivity contribution in [3.8, 4) is 17.1 Å². The Morgan fingerprint density at radius 1 is 1.03 bits per heavy atom. The third-order valence-electron chi connectivity index (χ3n) is 5.29. The highest BCUT2D eigenvalue weighted by molar-refractivity contribution is 7.99. The van der Waals surface area contributed by atoms with E-state index in [1.807, 2.05) is 42.6 Å². The molecule has 1 aliphatic heterocycles. The van der Waals surface area contributed by atoms with Crippen LogP contribution in [0.15, 0.2) is 59.9 Å². The Bertz CT molecular complexity index is 1130. The number of morpholine rings is 1. The second kappa shape index (κ2) is 8.81. The van der Waals surface area contributed by atoms with E-state index in [1.165, 1.54) is 0 Å². The van der Waals surface area contributed by atoms with Gasteiger partial charge in [-0.1, -0.05) is 41.6 Å². The minimum absolute atomic E-state index is 0.710. The number of thioether (sulfide) groups is 1. The molecule has 1 fully saturated rings. The normalized spacial score (nSPS) is 15.1. The van der Waals surface area contributed by atoms with Gasteiger partial charge >= 0.3 is 0 Å². The molecule has 2 aromatic carbocycles. The Morgan fingerprint density at radius 2 is 1.83 bits per heavy atom. The molecule has 3 heterocycles. The van der Waals surface area contributed by atoms with Gasteiger partial charge in [-0.2, -0.15) is 0 Å². The van der Waals surface area contributed by atoms with Crippen molar-refractivity contribution in [2.75, 3.05) is 38.6 Å². The van der Waals surface area contributed by atoms with Gasteiger partial charge in [0.05, 0.1) is 13.2 Å². The van der Waals surface area contributed by atoms with Crippen LogP contribution in [0.4, 0.5) is 0 Å². The third kappa shape index (κ3) is 3.98. The van der Waals surface area contributed by atoms with Crippen molar-refractivity contribution >= 4 is 34.3 Å². The number of hydrogen-bond donors (Lipinski definition) is 1. The number of aromatic amines is 1. The van der Waals surface area contributed by atoms with Crippen molar-refractivity contribution in [2.45, 2.75) is 5.16 Å². The van der Waals surface area contributed by atoms with Crippen LogP contribution in [0, 0.1) is 0 Å². The van der Waals surface area contributed by atoms with Crippen molar-refractivity contribution in [2.24, 2.45) is 0 Å². The number of para-hydroxylation sites is 1. The number of nitrogens with one attached hydrogen (secondary N) is 1. The molecule has 0 spiro atoms. The second-order valence-corrected chi connectivity index (χ2v) is 8.67. The zero-order valence-electron chi connectivity index (χ0n) is 16.4. The van der Waals surface area contributed by atoms with E-state index in [9.17, 15) is 0 Å². The number of nitrogens with zero attached hydrogens (tertiary/aromatic N) is 4. The molecule has 2 aromatic heterocycles. The maximum absolute atomic E-state index is 6.13. The minimum Gasteiger partial charge on any atom is -0.379 e. The Balaban J connectivity index is 1.48. The SMILES string of the molecule is Clc1ccc(-n2c(SCCN3CCOCC3)nnc2-c2c[nH]c3ccccc23)cc1. The number of hydrogen-bond acceptors (Lipinski definition) is 5. The Labute approximate surface area is 184 Å². The summed E-state index contributed by atoms with van der Waals surface area (Å²) in [4.78, 5) is 5.77. The van der Waals surface area contributed by atoms with E-state index >= 15 is 0 Å². The van der Waals surface area contributed by atoms with Crippen molar-refractivity contribution in [3.63, 3.8) is 0 Å². The lowest BCUT2D eigenvalue weighted by molar-refractivity contribution is 0.0410. The Morgan fingerprint density at radius 3 is 2.67 bits per heavy atom. The van der Waals surface area contributed by atoms with Crippen LogP contribution in [-0.2, 0) is 4.74 Å². The second-order valence-electron chi connectivity index (χ2n) is 7.17. The van der Waals surface area contributed by atoms with E-state index in [-0.39, 0.29) is 0 Å². The summed E-state index contributed by atoms with van der Waals surface area (Å²) in [6.07, 6.45) is 2.00. The monoisotopic (exact) mass is 439 g/mol. The lowest BCUT2D eigenvalue weighted by Gasteiger charge is -2.26. The predicted molar refractivity (Wildman–Crippen MR) is 122 cm³/mol. The molecule has 0 radical (unpaired) electrons. The molecule has 0 atom stereocenters. The molecule has 4 aromatic rings. The third-order valence-corrected chi connectivity index (χ3v) is 6.45. The Kier molecular flexibility index (Phi) is 5.77. The first-order chi connectivity index (χ1) is 14.8. The summed E-state index contributed by atoms with van der Waals surface area (Å²) >= 11 is 7.86. The summed E-state index contributed by atoms with van der Waals surface area (Å²) < 4.78 is 7.56. The van der Waals surface area contributed by atoms with E-state index in [1.54, 1.807) is 11.8 Å². The van der Waals surface area contributed by atoms with Crippen molar-refractivity contribution < 1.29 is 4.74 Å². The summed E-state index contributed by atoms with van der Waals surface area (Å²) in [7, 11) is 0. The van der Waals surface area contributed by atoms with Gasteiger partial charge in [0.25, 0.3) is 0 Å². The summed E-state index contributed by atoms with van der Waals surface area (Å²) in [5.41, 5.74) is 3.12. The molecule has 0 bridgehead atoms. The molecule has 0 saturated carbocycles. The van der Waals surface area contributed by atoms with Crippen molar-refractivity contribution in [1.82, 2.24) is 24.6 Å². The largest absolute Gasteiger partial charge is 0.379 e. The number of rotatable bonds is 6. The molecule has 0 aliphatic carbocycles. The molecule has 6 nitrogen and oxygen atoms in total. The first-order valence-corrected chi connectivity index (χ1v) is 11.4. The highest BCUT2D eigenvalue weighted by Gasteiger charge is 2.19. The molecule has 0 amide bonds. The lowest BCUT2D eigenvalue weighted by atomic mass is 10.1. The molecule has 30 heavy (non-hydrogen) atoms. The van der Waals surface area contributed by atoms with Crippen molar-refractivity contribution in [3.05, 3.63) is 59.8 Å². The molecular formula is C22H22ClN5OS. The highest BCUT2D eigenvalue weighted by Crippen LogP contribution is 2.32.